The summed E-state index contributed by atoms with van der Waals surface area (Å²) in [6.45, 7) is 0. The summed E-state index contributed by atoms with van der Waals surface area (Å²) >= 11 is 0. The van der Waals surface area contributed by atoms with Crippen LogP contribution in [0.3, 0.4) is 0 Å². The van der Waals surface area contributed by atoms with Crippen molar-refractivity contribution in [1.82, 2.24) is 4.57 Å². The van der Waals surface area contributed by atoms with Gasteiger partial charge in [-0.05, 0) is 24.3 Å². The van der Waals surface area contributed by atoms with Crippen LogP contribution in [0.1, 0.15) is 0 Å². The Kier molecular flexibility index (Phi) is 4.22. The molecule has 2 nitrogen and oxygen atoms in total. The summed E-state index contributed by atoms with van der Waals surface area (Å²) in [5, 5.41) is 2.61. The second kappa shape index (κ2) is 6.46. The van der Waals surface area contributed by atoms with E-state index in [0.717, 1.165) is 0 Å². The van der Waals surface area contributed by atoms with Crippen molar-refractivity contribution in [2.75, 3.05) is 14.2 Å². The largest absolute Gasteiger partial charge is 0.388 e. The van der Waals surface area contributed by atoms with E-state index in [2.05, 4.69) is 88.2 Å². The molecule has 0 amide bonds. The van der Waals surface area contributed by atoms with Crippen molar-refractivity contribution < 1.29 is 4.74 Å². The number of nitrogens with zero attached hydrogens (tertiary/aromatic N) is 1. The van der Waals surface area contributed by atoms with Gasteiger partial charge in [0.25, 0.3) is 0 Å². The molecule has 0 N–H and O–H groups in total. The van der Waals surface area contributed by atoms with Crippen LogP contribution in [0, 0.1) is 0 Å². The Labute approximate surface area is 130 Å². The minimum absolute atomic E-state index is 1.21. The van der Waals surface area contributed by atoms with E-state index in [1.54, 1.807) is 14.2 Å². The average molecular weight is 289 g/mol. The number of fused-ring (bicyclic) bond motifs is 3. The van der Waals surface area contributed by atoms with Crippen molar-refractivity contribution in [3.8, 4) is 5.69 Å². The lowest BCUT2D eigenvalue weighted by Crippen LogP contribution is -1.92. The molecule has 0 fully saturated rings. The van der Waals surface area contributed by atoms with Crippen LogP contribution < -0.4 is 0 Å². The molecule has 0 spiro atoms. The lowest BCUT2D eigenvalue weighted by atomic mass is 10.2. The predicted octanol–water partition coefficient (Wildman–Crippen LogP) is 5.05. The van der Waals surface area contributed by atoms with Crippen molar-refractivity contribution in [3.05, 3.63) is 78.9 Å². The molecule has 4 rings (SSSR count). The molecule has 0 aliphatic carbocycles. The molecule has 3 aromatic carbocycles. The molecule has 0 unspecified atom stereocenters. The van der Waals surface area contributed by atoms with E-state index in [4.69, 9.17) is 0 Å². The van der Waals surface area contributed by atoms with Gasteiger partial charge in [0, 0.05) is 30.7 Å². The van der Waals surface area contributed by atoms with E-state index in [0.29, 0.717) is 0 Å². The molecule has 0 aliphatic heterocycles. The standard InChI is InChI=1S/C18H13N.C2H6O/c1-2-8-14(9-3-1)19-17-12-6-4-10-15(17)16-11-5-7-13-18(16)19;1-3-2/h1-13H;1-2H3. The molecule has 22 heavy (non-hydrogen) atoms. The third-order valence-electron chi connectivity index (χ3n) is 3.59. The Morgan fingerprint density at radius 3 is 1.50 bits per heavy atom. The molecular formula is C20H19NO. The van der Waals surface area contributed by atoms with E-state index in [9.17, 15) is 0 Å². The lowest BCUT2D eigenvalue weighted by molar-refractivity contribution is 0.277. The Morgan fingerprint density at radius 2 is 1.00 bits per heavy atom. The van der Waals surface area contributed by atoms with Crippen molar-refractivity contribution >= 4 is 21.8 Å². The minimum Gasteiger partial charge on any atom is -0.388 e. The summed E-state index contributed by atoms with van der Waals surface area (Å²) in [7, 11) is 3.25. The van der Waals surface area contributed by atoms with E-state index in [1.807, 2.05) is 0 Å². The smallest absolute Gasteiger partial charge is 0.0541 e. The molecule has 1 heterocycles. The molecule has 0 saturated carbocycles. The van der Waals surface area contributed by atoms with E-state index in [-0.39, 0.29) is 0 Å². The normalized spacial score (nSPS) is 10.5. The van der Waals surface area contributed by atoms with Gasteiger partial charge in [-0.3, -0.25) is 0 Å². The summed E-state index contributed by atoms with van der Waals surface area (Å²) in [6.07, 6.45) is 0. The van der Waals surface area contributed by atoms with Crippen molar-refractivity contribution in [2.24, 2.45) is 0 Å². The SMILES string of the molecule is COC.c1ccc(-n2c3ccccc3c3ccccc32)cc1. The average Bonchev–Trinajstić information content (AvgIpc) is 2.91. The molecule has 2 heteroatoms. The first-order valence-corrected chi connectivity index (χ1v) is 7.30. The van der Waals surface area contributed by atoms with Crippen molar-refractivity contribution in [1.29, 1.82) is 0 Å². The van der Waals surface area contributed by atoms with Crippen LogP contribution in [0.15, 0.2) is 78.9 Å². The first kappa shape index (κ1) is 14.4. The molecule has 0 saturated heterocycles. The summed E-state index contributed by atoms with van der Waals surface area (Å²) in [6, 6.07) is 27.7. The maximum Gasteiger partial charge on any atom is 0.0541 e. The summed E-state index contributed by atoms with van der Waals surface area (Å²) in [5.41, 5.74) is 3.73. The van der Waals surface area contributed by atoms with Crippen molar-refractivity contribution in [3.63, 3.8) is 0 Å². The number of para-hydroxylation sites is 3. The van der Waals surface area contributed by atoms with Gasteiger partial charge in [0.15, 0.2) is 0 Å². The molecule has 110 valence electrons. The highest BCUT2D eigenvalue weighted by atomic mass is 16.4. The van der Waals surface area contributed by atoms with E-state index >= 15 is 0 Å². The van der Waals surface area contributed by atoms with Crippen LogP contribution in [0.2, 0.25) is 0 Å². The molecule has 0 atom stereocenters. The number of aromatic nitrogens is 1. The highest BCUT2D eigenvalue weighted by Crippen LogP contribution is 2.31. The Bertz CT molecular complexity index is 825. The fourth-order valence-electron chi connectivity index (χ4n) is 2.78. The second-order valence-electron chi connectivity index (χ2n) is 5.11. The van der Waals surface area contributed by atoms with Gasteiger partial charge in [-0.15, -0.1) is 0 Å². The lowest BCUT2D eigenvalue weighted by Gasteiger charge is -2.06. The first-order valence-electron chi connectivity index (χ1n) is 7.30. The minimum atomic E-state index is 1.21. The zero-order valence-corrected chi connectivity index (χ0v) is 12.9. The van der Waals surface area contributed by atoms with Crippen molar-refractivity contribution in [2.45, 2.75) is 0 Å². The van der Waals surface area contributed by atoms with Gasteiger partial charge in [0.1, 0.15) is 0 Å². The third-order valence-corrected chi connectivity index (χ3v) is 3.59. The quantitative estimate of drug-likeness (QED) is 0.478. The summed E-state index contributed by atoms with van der Waals surface area (Å²) in [5.74, 6) is 0. The molecule has 0 bridgehead atoms. The van der Waals surface area contributed by atoms with Crippen LogP contribution in [-0.4, -0.2) is 18.8 Å². The van der Waals surface area contributed by atoms with E-state index in [1.165, 1.54) is 27.5 Å². The monoisotopic (exact) mass is 289 g/mol. The number of rotatable bonds is 1. The number of hydrogen-bond donors (Lipinski definition) is 0. The number of methoxy groups -OCH3 is 1. The third kappa shape index (κ3) is 2.49. The van der Waals surface area contributed by atoms with Crippen LogP contribution in [-0.2, 0) is 4.74 Å². The summed E-state index contributed by atoms with van der Waals surface area (Å²) < 4.78 is 6.57. The first-order chi connectivity index (χ1) is 10.9. The fraction of sp³-hybridized carbons (Fsp3) is 0.100. The van der Waals surface area contributed by atoms with Gasteiger partial charge in [-0.2, -0.15) is 0 Å². The highest BCUT2D eigenvalue weighted by Gasteiger charge is 2.10. The van der Waals surface area contributed by atoms with Crippen LogP contribution >= 0.6 is 0 Å². The van der Waals surface area contributed by atoms with Gasteiger partial charge in [0.2, 0.25) is 0 Å². The highest BCUT2D eigenvalue weighted by molar-refractivity contribution is 6.09. The molecule has 0 aliphatic rings. The predicted molar refractivity (Wildman–Crippen MR) is 93.7 cm³/mol. The van der Waals surface area contributed by atoms with E-state index < -0.39 is 0 Å². The maximum absolute atomic E-state index is 4.25. The van der Waals surface area contributed by atoms with Gasteiger partial charge in [-0.1, -0.05) is 54.6 Å². The summed E-state index contributed by atoms with van der Waals surface area (Å²) in [4.78, 5) is 0. The second-order valence-corrected chi connectivity index (χ2v) is 5.11. The number of benzene rings is 3. The number of ether oxygens (including phenoxy) is 1. The maximum atomic E-state index is 4.25. The molecule has 4 aromatic rings. The zero-order chi connectivity index (χ0) is 15.4. The van der Waals surface area contributed by atoms with Crippen LogP contribution in [0.5, 0.6) is 0 Å². The van der Waals surface area contributed by atoms with Crippen LogP contribution in [0.4, 0.5) is 0 Å². The topological polar surface area (TPSA) is 14.2 Å². The Balaban J connectivity index is 0.000000446. The van der Waals surface area contributed by atoms with Gasteiger partial charge < -0.3 is 9.30 Å². The van der Waals surface area contributed by atoms with Gasteiger partial charge in [0.05, 0.1) is 11.0 Å². The Morgan fingerprint density at radius 1 is 0.591 bits per heavy atom. The van der Waals surface area contributed by atoms with Crippen LogP contribution in [0.25, 0.3) is 27.5 Å². The van der Waals surface area contributed by atoms with Gasteiger partial charge in [-0.25, -0.2) is 0 Å². The molecule has 0 radical (unpaired) electrons. The Hall–Kier alpha value is -2.58. The van der Waals surface area contributed by atoms with Gasteiger partial charge >= 0.3 is 0 Å². The fourth-order valence-corrected chi connectivity index (χ4v) is 2.78. The zero-order valence-electron chi connectivity index (χ0n) is 12.9. The molecular weight excluding hydrogens is 270 g/mol. The number of hydrogen-bond acceptors (Lipinski definition) is 1. The molecule has 1 aromatic heterocycles.